The first-order chi connectivity index (χ1) is 29.8. The molecule has 62 heavy (non-hydrogen) atoms. The smallest absolute Gasteiger partial charge is 0.228 e. The summed E-state index contributed by atoms with van der Waals surface area (Å²) in [6.45, 7) is 0. The molecule has 4 aliphatic rings. The minimum absolute atomic E-state index is 0. The summed E-state index contributed by atoms with van der Waals surface area (Å²) in [5.41, 5.74) is 20.3. The largest absolute Gasteiger partial charge is 0.351 e. The minimum Gasteiger partial charge on any atom is -0.351 e. The van der Waals surface area contributed by atoms with Crippen LogP contribution in [0.2, 0.25) is 5.28 Å². The fourth-order valence-corrected chi connectivity index (χ4v) is 8.95. The molecule has 2 atom stereocenters. The monoisotopic (exact) mass is 848 g/mol. The standard InChI is InChI=1S/C23H19FN6.C13H15N.C10H5ClFN5.CH4/c24-17-10-16(12-25-13-17)22-28-21-7-8-26-30(21)23(29-22)27-18-6-5-15-9-14-3-1-2-4-19(14)20(15)11-18;14-11-6-5-10-7-9-3-1-2-4-12(9)13(10)8-11;11-10-16-9(6-3-7(12)5-13-4-6)15-8-1-2-14-17(8)10;/h1-4,7-8,10,12-13,18H,5-6,9,11H2,(H,27,28,29);1-4,11H,5-8,14H2;1-5H;1H4/t18-;11-;;/m11../s1. The lowest BCUT2D eigenvalue weighted by atomic mass is 9.88. The third kappa shape index (κ3) is 8.18. The molecule has 312 valence electrons. The highest BCUT2D eigenvalue weighted by atomic mass is 35.5. The lowest BCUT2D eigenvalue weighted by Gasteiger charge is -2.26. The van der Waals surface area contributed by atoms with E-state index >= 15 is 0 Å². The molecule has 0 unspecified atom stereocenters. The van der Waals surface area contributed by atoms with E-state index in [9.17, 15) is 8.78 Å². The van der Waals surface area contributed by atoms with Crippen molar-refractivity contribution in [3.63, 3.8) is 0 Å². The molecule has 15 heteroatoms. The van der Waals surface area contributed by atoms with E-state index in [2.05, 4.69) is 93.9 Å². The van der Waals surface area contributed by atoms with E-state index < -0.39 is 11.6 Å². The van der Waals surface area contributed by atoms with Gasteiger partial charge < -0.3 is 11.1 Å². The van der Waals surface area contributed by atoms with Crippen molar-refractivity contribution in [2.75, 3.05) is 5.32 Å². The zero-order valence-corrected chi connectivity index (χ0v) is 33.6. The molecule has 8 aromatic rings. The van der Waals surface area contributed by atoms with Crippen LogP contribution in [0.25, 0.3) is 45.2 Å². The second-order valence-corrected chi connectivity index (χ2v) is 15.9. The average molecular weight is 849 g/mol. The topological polar surface area (TPSA) is 150 Å². The van der Waals surface area contributed by atoms with Gasteiger partial charge in [0.25, 0.3) is 0 Å². The van der Waals surface area contributed by atoms with Crippen LogP contribution in [0.3, 0.4) is 0 Å². The van der Waals surface area contributed by atoms with Crippen molar-refractivity contribution in [3.05, 3.63) is 160 Å². The summed E-state index contributed by atoms with van der Waals surface area (Å²) in [5, 5.41) is 12.1. The molecule has 0 amide bonds. The van der Waals surface area contributed by atoms with E-state index in [-0.39, 0.29) is 18.8 Å². The summed E-state index contributed by atoms with van der Waals surface area (Å²) < 4.78 is 29.8. The van der Waals surface area contributed by atoms with Crippen molar-refractivity contribution in [1.82, 2.24) is 49.1 Å². The van der Waals surface area contributed by atoms with E-state index in [1.807, 2.05) is 6.07 Å². The Morgan fingerprint density at radius 2 is 1.19 bits per heavy atom. The van der Waals surface area contributed by atoms with Crippen molar-refractivity contribution in [2.45, 2.75) is 70.9 Å². The van der Waals surface area contributed by atoms with Crippen LogP contribution < -0.4 is 11.1 Å². The van der Waals surface area contributed by atoms with Crippen molar-refractivity contribution < 1.29 is 8.78 Å². The summed E-state index contributed by atoms with van der Waals surface area (Å²) in [7, 11) is 0. The maximum absolute atomic E-state index is 13.7. The van der Waals surface area contributed by atoms with Gasteiger partial charge in [0, 0.05) is 47.7 Å². The van der Waals surface area contributed by atoms with Gasteiger partial charge in [-0.05, 0) is 109 Å². The zero-order chi connectivity index (χ0) is 41.5. The van der Waals surface area contributed by atoms with E-state index in [0.717, 1.165) is 38.3 Å². The van der Waals surface area contributed by atoms with Crippen molar-refractivity contribution in [3.8, 4) is 22.8 Å². The normalized spacial score (nSPS) is 17.2. The van der Waals surface area contributed by atoms with Crippen LogP contribution in [0.1, 0.15) is 68.2 Å². The Hall–Kier alpha value is -6.77. The van der Waals surface area contributed by atoms with Gasteiger partial charge in [-0.2, -0.15) is 29.2 Å². The number of halogens is 3. The molecular weight excluding hydrogens is 806 g/mol. The number of rotatable bonds is 4. The SMILES string of the molecule is C.Fc1cncc(-c2nc(Cl)n3nccc3n2)c1.Fc1cncc(-c2nc(N[C@@H]3CCC4=C(C3)c3ccccc3C4)n3nccc3n2)c1.N[C@@H]1CCC2=C(C1)c1ccccc1C2. The molecule has 12 nitrogen and oxygen atoms in total. The van der Waals surface area contributed by atoms with Gasteiger partial charge in [0.15, 0.2) is 22.9 Å². The molecule has 6 heterocycles. The number of allylic oxidation sites excluding steroid dienone is 2. The molecular formula is C47H43ClF2N12. The highest BCUT2D eigenvalue weighted by molar-refractivity contribution is 6.28. The van der Waals surface area contributed by atoms with Gasteiger partial charge in [0.05, 0.1) is 24.8 Å². The van der Waals surface area contributed by atoms with E-state index in [4.69, 9.17) is 17.3 Å². The van der Waals surface area contributed by atoms with Crippen LogP contribution in [-0.2, 0) is 12.8 Å². The number of nitrogens with two attached hydrogens (primary N) is 1. The number of nitrogens with one attached hydrogen (secondary N) is 1. The second-order valence-electron chi connectivity index (χ2n) is 15.6. The van der Waals surface area contributed by atoms with Gasteiger partial charge in [-0.15, -0.1) is 0 Å². The summed E-state index contributed by atoms with van der Waals surface area (Å²) in [6.07, 6.45) is 17.4. The van der Waals surface area contributed by atoms with Gasteiger partial charge >= 0.3 is 0 Å². The quantitative estimate of drug-likeness (QED) is 0.175. The minimum atomic E-state index is -0.449. The molecule has 0 spiro atoms. The number of hydrogen-bond donors (Lipinski definition) is 2. The first-order valence-corrected chi connectivity index (χ1v) is 20.6. The Morgan fingerprint density at radius 3 is 1.82 bits per heavy atom. The van der Waals surface area contributed by atoms with Crippen LogP contribution in [-0.4, -0.2) is 61.2 Å². The number of nitrogens with zero attached hydrogens (tertiary/aromatic N) is 10. The summed E-state index contributed by atoms with van der Waals surface area (Å²) in [4.78, 5) is 25.1. The van der Waals surface area contributed by atoms with Gasteiger partial charge in [0.1, 0.15) is 11.6 Å². The molecule has 0 saturated carbocycles. The Balaban J connectivity index is 0.000000129. The maximum atomic E-state index is 13.7. The van der Waals surface area contributed by atoms with Crippen molar-refractivity contribution in [2.24, 2.45) is 5.73 Å². The van der Waals surface area contributed by atoms with Gasteiger partial charge in [0.2, 0.25) is 11.2 Å². The molecule has 4 aliphatic carbocycles. The van der Waals surface area contributed by atoms with E-state index in [1.54, 1.807) is 45.9 Å². The first kappa shape index (κ1) is 40.6. The highest BCUT2D eigenvalue weighted by Crippen LogP contribution is 2.43. The van der Waals surface area contributed by atoms with E-state index in [0.29, 0.717) is 46.1 Å². The Labute approximate surface area is 361 Å². The molecule has 2 aromatic carbocycles. The molecule has 6 aromatic heterocycles. The molecule has 0 aliphatic heterocycles. The molecule has 0 radical (unpaired) electrons. The van der Waals surface area contributed by atoms with Crippen LogP contribution >= 0.6 is 11.6 Å². The predicted molar refractivity (Wildman–Crippen MR) is 237 cm³/mol. The molecule has 0 fully saturated rings. The lowest BCUT2D eigenvalue weighted by molar-refractivity contribution is 0.600. The maximum Gasteiger partial charge on any atom is 0.228 e. The third-order valence-electron chi connectivity index (χ3n) is 11.6. The fraction of sp³-hybridized carbons (Fsp3) is 0.234. The zero-order valence-electron chi connectivity index (χ0n) is 32.9. The Morgan fingerprint density at radius 1 is 0.645 bits per heavy atom. The fourth-order valence-electron chi connectivity index (χ4n) is 8.74. The third-order valence-corrected chi connectivity index (χ3v) is 11.9. The Bertz CT molecular complexity index is 3010. The molecule has 12 rings (SSSR count). The number of anilines is 1. The lowest BCUT2D eigenvalue weighted by Crippen LogP contribution is -2.25. The Kier molecular flexibility index (Phi) is 11.3. The van der Waals surface area contributed by atoms with Crippen LogP contribution in [0, 0.1) is 11.6 Å². The van der Waals surface area contributed by atoms with Gasteiger partial charge in [-0.3, -0.25) is 9.97 Å². The van der Waals surface area contributed by atoms with Gasteiger partial charge in [-0.25, -0.2) is 18.7 Å². The summed E-state index contributed by atoms with van der Waals surface area (Å²) in [6, 6.07) is 24.3. The summed E-state index contributed by atoms with van der Waals surface area (Å²) >= 11 is 5.93. The van der Waals surface area contributed by atoms with Gasteiger partial charge in [-0.1, -0.05) is 67.1 Å². The van der Waals surface area contributed by atoms with Crippen LogP contribution in [0.5, 0.6) is 0 Å². The number of fused-ring (bicyclic) bond motifs is 6. The number of benzene rings is 2. The average Bonchev–Trinajstić information content (AvgIpc) is 4.09. The van der Waals surface area contributed by atoms with Crippen molar-refractivity contribution >= 4 is 40.0 Å². The predicted octanol–water partition coefficient (Wildman–Crippen LogP) is 9.42. The van der Waals surface area contributed by atoms with Crippen molar-refractivity contribution in [1.29, 1.82) is 0 Å². The highest BCUT2D eigenvalue weighted by Gasteiger charge is 2.29. The first-order valence-electron chi connectivity index (χ1n) is 20.2. The molecule has 0 bridgehead atoms. The van der Waals surface area contributed by atoms with Crippen LogP contribution in [0.4, 0.5) is 14.7 Å². The molecule has 3 N–H and O–H groups in total. The van der Waals surface area contributed by atoms with Crippen LogP contribution in [0.15, 0.2) is 121 Å². The second kappa shape index (κ2) is 17.3. The molecule has 0 saturated heterocycles. The number of hydrogen-bond acceptors (Lipinski definition) is 10. The number of pyridine rings is 2. The van der Waals surface area contributed by atoms with E-state index in [1.165, 1.54) is 76.1 Å². The summed E-state index contributed by atoms with van der Waals surface area (Å²) in [5.74, 6) is 0.500. The number of aromatic nitrogens is 10.